The zero-order valence-electron chi connectivity index (χ0n) is 8.99. The van der Waals surface area contributed by atoms with E-state index < -0.39 is 0 Å². The number of para-hydroxylation sites is 2. The fourth-order valence-electron chi connectivity index (χ4n) is 0.894. The van der Waals surface area contributed by atoms with Crippen molar-refractivity contribution in [2.45, 2.75) is 13.8 Å². The van der Waals surface area contributed by atoms with Gasteiger partial charge >= 0.3 is 0 Å². The van der Waals surface area contributed by atoms with E-state index in [1.807, 2.05) is 32.0 Å². The second kappa shape index (κ2) is 8.38. The lowest BCUT2D eigenvalue weighted by atomic mass is 10.3. The quantitative estimate of drug-likeness (QED) is 0.805. The summed E-state index contributed by atoms with van der Waals surface area (Å²) >= 11 is 0. The van der Waals surface area contributed by atoms with Crippen molar-refractivity contribution in [2.24, 2.45) is 0 Å². The minimum Gasteiger partial charge on any atom is -0.493 e. The van der Waals surface area contributed by atoms with E-state index in [9.17, 15) is 0 Å². The van der Waals surface area contributed by atoms with E-state index in [1.165, 1.54) is 0 Å². The predicted octanol–water partition coefficient (Wildman–Crippen LogP) is 2.09. The van der Waals surface area contributed by atoms with Crippen LogP contribution in [-0.4, -0.2) is 25.4 Å². The lowest BCUT2D eigenvalue weighted by Crippen LogP contribution is -2.02. The molecule has 0 fully saturated rings. The number of aliphatic hydroxyl groups is 1. The monoisotopic (exact) mass is 198 g/mol. The Hall–Kier alpha value is -1.22. The van der Waals surface area contributed by atoms with Gasteiger partial charge in [0, 0.05) is 0 Å². The fraction of sp³-hybridized carbons (Fsp3) is 0.455. The zero-order chi connectivity index (χ0) is 10.8. The molecule has 14 heavy (non-hydrogen) atoms. The molecule has 0 aliphatic heterocycles. The summed E-state index contributed by atoms with van der Waals surface area (Å²) in [5, 5.41) is 8.53. The summed E-state index contributed by atoms with van der Waals surface area (Å²) in [5.41, 5.74) is 0. The van der Waals surface area contributed by atoms with Crippen LogP contribution in [0, 0.1) is 0 Å². The maximum Gasteiger partial charge on any atom is 0.161 e. The predicted molar refractivity (Wildman–Crippen MR) is 56.9 cm³/mol. The van der Waals surface area contributed by atoms with E-state index in [2.05, 4.69) is 0 Å². The molecule has 0 saturated heterocycles. The molecule has 1 rings (SSSR count). The largest absolute Gasteiger partial charge is 0.493 e. The van der Waals surface area contributed by atoms with Crippen LogP contribution in [0.1, 0.15) is 13.8 Å². The van der Waals surface area contributed by atoms with Crippen molar-refractivity contribution < 1.29 is 14.6 Å². The first-order chi connectivity index (χ1) is 6.88. The molecule has 0 aliphatic rings. The molecule has 0 atom stereocenters. The van der Waals surface area contributed by atoms with Gasteiger partial charge in [0.1, 0.15) is 6.61 Å². The molecule has 1 aromatic carbocycles. The van der Waals surface area contributed by atoms with E-state index in [0.29, 0.717) is 18.1 Å². The van der Waals surface area contributed by atoms with E-state index in [-0.39, 0.29) is 6.61 Å². The first-order valence-electron chi connectivity index (χ1n) is 4.75. The van der Waals surface area contributed by atoms with Crippen molar-refractivity contribution in [1.29, 1.82) is 0 Å². The van der Waals surface area contributed by atoms with Crippen molar-refractivity contribution in [3.05, 3.63) is 24.3 Å². The summed E-state index contributed by atoms with van der Waals surface area (Å²) in [6.07, 6.45) is 0. The molecule has 1 N–H and O–H groups in total. The third kappa shape index (κ3) is 4.14. The number of hydrogen-bond acceptors (Lipinski definition) is 3. The van der Waals surface area contributed by atoms with E-state index in [0.717, 1.165) is 0 Å². The highest BCUT2D eigenvalue weighted by atomic mass is 16.5. The van der Waals surface area contributed by atoms with E-state index in [1.54, 1.807) is 13.2 Å². The summed E-state index contributed by atoms with van der Waals surface area (Å²) in [6.45, 7) is 4.30. The minimum absolute atomic E-state index is 0.0120. The van der Waals surface area contributed by atoms with Gasteiger partial charge in [-0.05, 0) is 12.1 Å². The van der Waals surface area contributed by atoms with Gasteiger partial charge in [-0.25, -0.2) is 0 Å². The first kappa shape index (κ1) is 12.8. The van der Waals surface area contributed by atoms with Gasteiger partial charge in [-0.3, -0.25) is 0 Å². The van der Waals surface area contributed by atoms with Gasteiger partial charge in [0.25, 0.3) is 0 Å². The third-order valence-electron chi connectivity index (χ3n) is 1.42. The Morgan fingerprint density at radius 2 is 1.71 bits per heavy atom. The number of aliphatic hydroxyl groups excluding tert-OH is 1. The van der Waals surface area contributed by atoms with Gasteiger partial charge in [-0.1, -0.05) is 26.0 Å². The number of hydrogen-bond donors (Lipinski definition) is 1. The molecular formula is C11H18O3. The maximum absolute atomic E-state index is 8.53. The minimum atomic E-state index is 0.0120. The second-order valence-electron chi connectivity index (χ2n) is 2.22. The zero-order valence-corrected chi connectivity index (χ0v) is 8.99. The van der Waals surface area contributed by atoms with Crippen LogP contribution < -0.4 is 9.47 Å². The highest BCUT2D eigenvalue weighted by Gasteiger charge is 2.00. The molecule has 0 unspecified atom stereocenters. The third-order valence-corrected chi connectivity index (χ3v) is 1.42. The van der Waals surface area contributed by atoms with E-state index >= 15 is 0 Å². The van der Waals surface area contributed by atoms with Crippen LogP contribution in [0.5, 0.6) is 11.5 Å². The molecule has 0 heterocycles. The van der Waals surface area contributed by atoms with Crippen molar-refractivity contribution in [2.75, 3.05) is 20.3 Å². The van der Waals surface area contributed by atoms with Gasteiger partial charge < -0.3 is 14.6 Å². The molecule has 3 nitrogen and oxygen atoms in total. The van der Waals surface area contributed by atoms with Crippen molar-refractivity contribution in [1.82, 2.24) is 0 Å². The van der Waals surface area contributed by atoms with Crippen molar-refractivity contribution in [3.63, 3.8) is 0 Å². The Bertz CT molecular complexity index is 236. The normalized spacial score (nSPS) is 8.57. The standard InChI is InChI=1S/C9H12O3.C2H6/c1-11-8-4-2-3-5-9(8)12-7-6-10;1-2/h2-5,10H,6-7H2,1H3;1-2H3. The van der Waals surface area contributed by atoms with Gasteiger partial charge in [0.2, 0.25) is 0 Å². The number of methoxy groups -OCH3 is 1. The van der Waals surface area contributed by atoms with Gasteiger partial charge in [-0.2, -0.15) is 0 Å². The van der Waals surface area contributed by atoms with E-state index in [4.69, 9.17) is 14.6 Å². The van der Waals surface area contributed by atoms with Gasteiger partial charge in [0.15, 0.2) is 11.5 Å². The molecule has 3 heteroatoms. The van der Waals surface area contributed by atoms with Gasteiger partial charge in [0.05, 0.1) is 13.7 Å². The summed E-state index contributed by atoms with van der Waals surface area (Å²) < 4.78 is 10.2. The SMILES string of the molecule is CC.COc1ccccc1OCCO. The first-order valence-corrected chi connectivity index (χ1v) is 4.75. The molecule has 80 valence electrons. The van der Waals surface area contributed by atoms with Crippen molar-refractivity contribution >= 4 is 0 Å². The summed E-state index contributed by atoms with van der Waals surface area (Å²) in [6, 6.07) is 7.33. The van der Waals surface area contributed by atoms with Gasteiger partial charge in [-0.15, -0.1) is 0 Å². The average molecular weight is 198 g/mol. The molecule has 0 radical (unpaired) electrons. The number of ether oxygens (including phenoxy) is 2. The molecule has 0 amide bonds. The Morgan fingerprint density at radius 3 is 2.21 bits per heavy atom. The topological polar surface area (TPSA) is 38.7 Å². The number of rotatable bonds is 4. The molecule has 0 aliphatic carbocycles. The summed E-state index contributed by atoms with van der Waals surface area (Å²) in [5.74, 6) is 1.35. The molecule has 0 bridgehead atoms. The summed E-state index contributed by atoms with van der Waals surface area (Å²) in [4.78, 5) is 0. The maximum atomic E-state index is 8.53. The average Bonchev–Trinajstić information content (AvgIpc) is 2.29. The summed E-state index contributed by atoms with van der Waals surface area (Å²) in [7, 11) is 1.58. The van der Waals surface area contributed by atoms with Crippen LogP contribution in [0.15, 0.2) is 24.3 Å². The smallest absolute Gasteiger partial charge is 0.161 e. The Morgan fingerprint density at radius 1 is 1.14 bits per heavy atom. The Balaban J connectivity index is 0.000000791. The molecule has 0 saturated carbocycles. The molecular weight excluding hydrogens is 180 g/mol. The van der Waals surface area contributed by atoms with Crippen LogP contribution in [-0.2, 0) is 0 Å². The highest BCUT2D eigenvalue weighted by Crippen LogP contribution is 2.25. The van der Waals surface area contributed by atoms with Crippen LogP contribution >= 0.6 is 0 Å². The Labute approximate surface area is 85.3 Å². The fourth-order valence-corrected chi connectivity index (χ4v) is 0.894. The lowest BCUT2D eigenvalue weighted by molar-refractivity contribution is 0.196. The van der Waals surface area contributed by atoms with Crippen molar-refractivity contribution in [3.8, 4) is 11.5 Å². The lowest BCUT2D eigenvalue weighted by Gasteiger charge is -2.08. The van der Waals surface area contributed by atoms with Crippen LogP contribution in [0.4, 0.5) is 0 Å². The molecule has 0 spiro atoms. The molecule has 1 aromatic rings. The van der Waals surface area contributed by atoms with Crippen LogP contribution in [0.2, 0.25) is 0 Å². The highest BCUT2D eigenvalue weighted by molar-refractivity contribution is 5.39. The molecule has 0 aromatic heterocycles. The number of benzene rings is 1. The van der Waals surface area contributed by atoms with Crippen LogP contribution in [0.25, 0.3) is 0 Å². The Kier molecular flexibility index (Phi) is 7.65. The van der Waals surface area contributed by atoms with Crippen LogP contribution in [0.3, 0.4) is 0 Å². The second-order valence-corrected chi connectivity index (χ2v) is 2.22.